The van der Waals surface area contributed by atoms with Gasteiger partial charge in [-0.25, -0.2) is 0 Å². The van der Waals surface area contributed by atoms with Crippen LogP contribution in [0.3, 0.4) is 0 Å². The maximum absolute atomic E-state index is 12.0. The van der Waals surface area contributed by atoms with Gasteiger partial charge < -0.3 is 10.2 Å². The molecule has 26 heavy (non-hydrogen) atoms. The maximum Gasteiger partial charge on any atom is 0.242 e. The molecule has 156 valence electrons. The highest BCUT2D eigenvalue weighted by atomic mass is 16.2. The van der Waals surface area contributed by atoms with Crippen molar-refractivity contribution in [2.75, 3.05) is 13.1 Å². The number of nitrogens with one attached hydrogen (secondary N) is 1. The summed E-state index contributed by atoms with van der Waals surface area (Å²) in [5.74, 6) is 0.186. The number of amides is 1. The summed E-state index contributed by atoms with van der Waals surface area (Å²) in [5, 5.41) is 3.08. The lowest BCUT2D eigenvalue weighted by Crippen LogP contribution is -2.54. The van der Waals surface area contributed by atoms with Crippen LogP contribution in [0.2, 0.25) is 0 Å². The van der Waals surface area contributed by atoms with Gasteiger partial charge in [0, 0.05) is 18.8 Å². The first-order chi connectivity index (χ1) is 12.2. The summed E-state index contributed by atoms with van der Waals surface area (Å²) in [6.45, 7) is 14.0. The number of likely N-dealkylation sites (tertiary alicyclic amines) is 1. The van der Waals surface area contributed by atoms with Crippen LogP contribution in [0, 0.1) is 0 Å². The third-order valence-corrected chi connectivity index (χ3v) is 4.89. The first-order valence-electron chi connectivity index (χ1n) is 10.9. The van der Waals surface area contributed by atoms with Crippen LogP contribution in [0.1, 0.15) is 112 Å². The molecule has 1 fully saturated rings. The molecule has 1 aliphatic rings. The Morgan fingerprint density at radius 2 is 1.42 bits per heavy atom. The Morgan fingerprint density at radius 1 is 0.962 bits per heavy atom. The first kappa shape index (κ1) is 27.2. The molecule has 0 radical (unpaired) electrons. The van der Waals surface area contributed by atoms with Gasteiger partial charge in [-0.15, -0.1) is 0 Å². The van der Waals surface area contributed by atoms with Gasteiger partial charge in [0.1, 0.15) is 6.04 Å². The molecular formula is C23H48N2O. The average Bonchev–Trinajstić information content (AvgIpc) is 2.56. The number of carbonyl (C=O) groups excluding carboxylic acids is 1. The normalized spacial score (nSPS) is 15.2. The predicted molar refractivity (Wildman–Crippen MR) is 117 cm³/mol. The average molecular weight is 369 g/mol. The zero-order valence-electron chi connectivity index (χ0n) is 17.5. The van der Waals surface area contributed by atoms with Gasteiger partial charge in [-0.1, -0.05) is 99.0 Å². The number of hydrogen-bond donors (Lipinski definition) is 1. The number of hydrogen-bond acceptors (Lipinski definition) is 2. The Bertz CT molecular complexity index is 341. The lowest BCUT2D eigenvalue weighted by molar-refractivity contribution is -0.129. The van der Waals surface area contributed by atoms with E-state index in [1.54, 1.807) is 0 Å². The quantitative estimate of drug-likeness (QED) is 0.347. The molecule has 1 aliphatic heterocycles. The number of unbranched alkanes of at least 4 members (excludes halogenated alkanes) is 10. The summed E-state index contributed by atoms with van der Waals surface area (Å²) in [4.78, 5) is 14.1. The second kappa shape index (κ2) is 18.8. The van der Waals surface area contributed by atoms with Crippen LogP contribution in [0.5, 0.6) is 0 Å². The van der Waals surface area contributed by atoms with Crippen LogP contribution in [0.25, 0.3) is 0 Å². The Morgan fingerprint density at radius 3 is 1.81 bits per heavy atom. The van der Waals surface area contributed by atoms with E-state index in [1.807, 2.05) is 20.8 Å². The fraction of sp³-hybridized carbons (Fsp3) is 0.870. The van der Waals surface area contributed by atoms with E-state index < -0.39 is 0 Å². The number of carbonyl (C=O) groups is 1. The largest absolute Gasteiger partial charge is 0.364 e. The van der Waals surface area contributed by atoms with Gasteiger partial charge in [0.2, 0.25) is 5.91 Å². The molecule has 3 heteroatoms. The van der Waals surface area contributed by atoms with Crippen molar-refractivity contribution >= 4 is 5.91 Å². The molecule has 1 amide bonds. The fourth-order valence-electron chi connectivity index (χ4n) is 3.24. The van der Waals surface area contributed by atoms with E-state index in [0.29, 0.717) is 0 Å². The van der Waals surface area contributed by atoms with Crippen LogP contribution in [-0.2, 0) is 4.79 Å². The molecule has 0 aromatic carbocycles. The van der Waals surface area contributed by atoms with Crippen LogP contribution in [0.4, 0.5) is 0 Å². The molecule has 1 N–H and O–H groups in total. The van der Waals surface area contributed by atoms with Gasteiger partial charge in [0.05, 0.1) is 0 Å². The third-order valence-electron chi connectivity index (χ3n) is 4.89. The molecule has 0 aromatic rings. The van der Waals surface area contributed by atoms with E-state index in [4.69, 9.17) is 0 Å². The van der Waals surface area contributed by atoms with Crippen molar-refractivity contribution in [3.8, 4) is 0 Å². The highest BCUT2D eigenvalue weighted by molar-refractivity contribution is 5.82. The Hall–Kier alpha value is -0.990. The number of allylic oxidation sites excluding steroid dienone is 1. The van der Waals surface area contributed by atoms with Gasteiger partial charge in [0.15, 0.2) is 0 Å². The summed E-state index contributed by atoms with van der Waals surface area (Å²) < 4.78 is 0. The molecule has 0 aliphatic carbocycles. The van der Waals surface area contributed by atoms with Gasteiger partial charge >= 0.3 is 0 Å². The maximum atomic E-state index is 12.0. The molecule has 1 heterocycles. The molecule has 0 spiro atoms. The molecule has 1 saturated heterocycles. The predicted octanol–water partition coefficient (Wildman–Crippen LogP) is 6.68. The molecule has 1 atom stereocenters. The van der Waals surface area contributed by atoms with Crippen molar-refractivity contribution in [1.29, 1.82) is 0 Å². The lowest BCUT2D eigenvalue weighted by atomic mass is 10.0. The summed E-state index contributed by atoms with van der Waals surface area (Å²) in [6.07, 6.45) is 15.8. The topological polar surface area (TPSA) is 32.3 Å². The van der Waals surface area contributed by atoms with Crippen molar-refractivity contribution in [3.63, 3.8) is 0 Å². The van der Waals surface area contributed by atoms with Gasteiger partial charge in [-0.05, 0) is 19.8 Å². The van der Waals surface area contributed by atoms with E-state index in [-0.39, 0.29) is 19.4 Å². The van der Waals surface area contributed by atoms with Crippen molar-refractivity contribution in [2.45, 2.75) is 118 Å². The van der Waals surface area contributed by atoms with E-state index in [1.165, 1.54) is 64.2 Å². The van der Waals surface area contributed by atoms with Crippen molar-refractivity contribution in [2.24, 2.45) is 0 Å². The smallest absolute Gasteiger partial charge is 0.242 e. The molecule has 1 rings (SSSR count). The molecule has 0 saturated carbocycles. The van der Waals surface area contributed by atoms with Gasteiger partial charge in [-0.3, -0.25) is 4.79 Å². The second-order valence-electron chi connectivity index (χ2n) is 7.06. The lowest BCUT2D eigenvalue weighted by Gasteiger charge is -2.41. The molecular weight excluding hydrogens is 320 g/mol. The van der Waals surface area contributed by atoms with E-state index in [9.17, 15) is 4.79 Å². The van der Waals surface area contributed by atoms with Crippen molar-refractivity contribution in [1.82, 2.24) is 10.2 Å². The summed E-state index contributed by atoms with van der Waals surface area (Å²) in [7, 11) is 0. The van der Waals surface area contributed by atoms with Crippen molar-refractivity contribution in [3.05, 3.63) is 12.3 Å². The molecule has 0 aromatic heterocycles. The van der Waals surface area contributed by atoms with E-state index >= 15 is 0 Å². The molecule has 1 unspecified atom stereocenters. The van der Waals surface area contributed by atoms with E-state index in [2.05, 4.69) is 23.7 Å². The minimum Gasteiger partial charge on any atom is -0.364 e. The minimum atomic E-state index is 0. The van der Waals surface area contributed by atoms with Gasteiger partial charge in [0.25, 0.3) is 0 Å². The SMILES string of the molecule is C.C=C(C)N1CCC1C(=O)NCCCCCCCCCCCCC.CC. The van der Waals surface area contributed by atoms with E-state index in [0.717, 1.165) is 31.6 Å². The summed E-state index contributed by atoms with van der Waals surface area (Å²) >= 11 is 0. The monoisotopic (exact) mass is 368 g/mol. The Labute approximate surface area is 165 Å². The Kier molecular flexibility index (Phi) is 19.7. The minimum absolute atomic E-state index is 0. The zero-order valence-corrected chi connectivity index (χ0v) is 17.5. The fourth-order valence-corrected chi connectivity index (χ4v) is 3.24. The highest BCUT2D eigenvalue weighted by Crippen LogP contribution is 2.21. The highest BCUT2D eigenvalue weighted by Gasteiger charge is 2.33. The summed E-state index contributed by atoms with van der Waals surface area (Å²) in [6, 6.07) is 0.0419. The third kappa shape index (κ3) is 12.4. The first-order valence-corrected chi connectivity index (χ1v) is 10.9. The number of rotatable bonds is 14. The molecule has 3 nitrogen and oxygen atoms in total. The van der Waals surface area contributed by atoms with Gasteiger partial charge in [-0.2, -0.15) is 0 Å². The van der Waals surface area contributed by atoms with Crippen LogP contribution >= 0.6 is 0 Å². The molecule has 0 bridgehead atoms. The van der Waals surface area contributed by atoms with Crippen molar-refractivity contribution < 1.29 is 4.79 Å². The van der Waals surface area contributed by atoms with Crippen LogP contribution in [0.15, 0.2) is 12.3 Å². The standard InChI is InChI=1S/C20H38N2O.C2H6.CH4/c1-4-5-6-7-8-9-10-11-12-13-14-16-21-20(23)19-15-17-22(19)18(2)3;1-2;/h19H,2,4-17H2,1,3H3,(H,21,23);1-2H3;1H4. The van der Waals surface area contributed by atoms with Crippen LogP contribution in [-0.4, -0.2) is 29.9 Å². The Balaban J connectivity index is 0. The zero-order chi connectivity index (χ0) is 18.9. The summed E-state index contributed by atoms with van der Waals surface area (Å²) in [5.41, 5.74) is 1.01. The number of nitrogens with zero attached hydrogens (tertiary/aromatic N) is 1. The van der Waals surface area contributed by atoms with Crippen LogP contribution < -0.4 is 5.32 Å². The second-order valence-corrected chi connectivity index (χ2v) is 7.06.